The summed E-state index contributed by atoms with van der Waals surface area (Å²) in [7, 11) is 0. The van der Waals surface area contributed by atoms with Crippen LogP contribution in [0.2, 0.25) is 0 Å². The van der Waals surface area contributed by atoms with E-state index in [9.17, 15) is 9.59 Å². The Morgan fingerprint density at radius 1 is 1.75 bits per heavy atom. The molecular formula is C8H9NO3. The van der Waals surface area contributed by atoms with Crippen molar-refractivity contribution in [2.75, 3.05) is 13.2 Å². The van der Waals surface area contributed by atoms with Gasteiger partial charge in [0.1, 0.15) is 6.61 Å². The lowest BCUT2D eigenvalue weighted by Crippen LogP contribution is -2.31. The van der Waals surface area contributed by atoms with Gasteiger partial charge >= 0.3 is 6.09 Å². The number of amides is 2. The quantitative estimate of drug-likeness (QED) is 0.426. The van der Waals surface area contributed by atoms with Crippen molar-refractivity contribution in [1.82, 2.24) is 4.90 Å². The van der Waals surface area contributed by atoms with Crippen LogP contribution in [0.3, 0.4) is 0 Å². The second-order valence-electron chi connectivity index (χ2n) is 2.37. The molecule has 0 aromatic heterocycles. The Bertz CT molecular complexity index is 276. The fourth-order valence-corrected chi connectivity index (χ4v) is 0.856. The summed E-state index contributed by atoms with van der Waals surface area (Å²) >= 11 is 0. The van der Waals surface area contributed by atoms with E-state index in [0.717, 1.165) is 4.90 Å². The first-order chi connectivity index (χ1) is 5.66. The molecule has 1 aliphatic rings. The van der Waals surface area contributed by atoms with Gasteiger partial charge in [-0.25, -0.2) is 9.69 Å². The monoisotopic (exact) mass is 167 g/mol. The van der Waals surface area contributed by atoms with Crippen LogP contribution in [0.5, 0.6) is 0 Å². The highest BCUT2D eigenvalue weighted by Crippen LogP contribution is 2.07. The summed E-state index contributed by atoms with van der Waals surface area (Å²) in [4.78, 5) is 23.2. The van der Waals surface area contributed by atoms with Crippen LogP contribution in [0.1, 0.15) is 6.92 Å². The fourth-order valence-electron chi connectivity index (χ4n) is 0.856. The summed E-state index contributed by atoms with van der Waals surface area (Å²) in [6.07, 6.45) is -0.588. The third-order valence-corrected chi connectivity index (χ3v) is 1.59. The van der Waals surface area contributed by atoms with Crippen molar-refractivity contribution in [3.05, 3.63) is 17.9 Å². The Labute approximate surface area is 70.1 Å². The Kier molecular flexibility index (Phi) is 2.31. The van der Waals surface area contributed by atoms with E-state index in [1.807, 2.05) is 0 Å². The Hall–Kier alpha value is -1.54. The zero-order valence-electron chi connectivity index (χ0n) is 6.79. The van der Waals surface area contributed by atoms with Gasteiger partial charge in [0, 0.05) is 0 Å². The van der Waals surface area contributed by atoms with Crippen molar-refractivity contribution in [2.45, 2.75) is 6.92 Å². The molecule has 1 rings (SSSR count). The van der Waals surface area contributed by atoms with E-state index in [4.69, 9.17) is 0 Å². The minimum Gasteiger partial charge on any atom is -0.447 e. The highest BCUT2D eigenvalue weighted by molar-refractivity contribution is 6.02. The first-order valence-corrected chi connectivity index (χ1v) is 3.52. The predicted octanol–water partition coefficient (Wildman–Crippen LogP) is 0.696. The van der Waals surface area contributed by atoms with E-state index in [2.05, 4.69) is 17.0 Å². The predicted molar refractivity (Wildman–Crippen MR) is 41.4 cm³/mol. The first kappa shape index (κ1) is 8.56. The molecule has 1 heterocycles. The molecule has 12 heavy (non-hydrogen) atoms. The Morgan fingerprint density at radius 3 is 2.83 bits per heavy atom. The van der Waals surface area contributed by atoms with Gasteiger partial charge in [0.25, 0.3) is 5.91 Å². The molecule has 0 unspecified atom stereocenters. The molecule has 4 heteroatoms. The summed E-state index contributed by atoms with van der Waals surface area (Å²) in [6.45, 7) is 5.46. The molecule has 64 valence electrons. The van der Waals surface area contributed by atoms with Crippen LogP contribution in [-0.2, 0) is 9.53 Å². The van der Waals surface area contributed by atoms with Crippen LogP contribution in [0.15, 0.2) is 17.9 Å². The topological polar surface area (TPSA) is 46.6 Å². The number of ether oxygens (including phenoxy) is 1. The van der Waals surface area contributed by atoms with E-state index >= 15 is 0 Å². The van der Waals surface area contributed by atoms with E-state index < -0.39 is 6.09 Å². The molecule has 0 aliphatic carbocycles. The first-order valence-electron chi connectivity index (χ1n) is 3.52. The zero-order valence-corrected chi connectivity index (χ0v) is 6.79. The molecule has 0 saturated carbocycles. The third-order valence-electron chi connectivity index (χ3n) is 1.59. The highest BCUT2D eigenvalue weighted by atomic mass is 16.6. The number of rotatable bonds is 1. The fraction of sp³-hybridized carbons (Fsp3) is 0.375. The molecule has 0 atom stereocenters. The lowest BCUT2D eigenvalue weighted by atomic mass is 10.3. The molecule has 0 aromatic rings. The lowest BCUT2D eigenvalue weighted by Gasteiger charge is -2.08. The maximum Gasteiger partial charge on any atom is 0.416 e. The second kappa shape index (κ2) is 3.24. The number of carbonyl (C=O) groups excluding carboxylic acids is 2. The van der Waals surface area contributed by atoms with Crippen molar-refractivity contribution in [3.63, 3.8) is 0 Å². The van der Waals surface area contributed by atoms with Crippen molar-refractivity contribution in [2.24, 2.45) is 0 Å². The van der Waals surface area contributed by atoms with E-state index in [-0.39, 0.29) is 12.5 Å². The summed E-state index contributed by atoms with van der Waals surface area (Å²) in [6, 6.07) is 0. The van der Waals surface area contributed by atoms with Gasteiger partial charge in [-0.05, 0) is 6.92 Å². The molecule has 1 saturated heterocycles. The van der Waals surface area contributed by atoms with Gasteiger partial charge in [0.15, 0.2) is 0 Å². The molecule has 0 radical (unpaired) electrons. The third kappa shape index (κ3) is 1.38. The van der Waals surface area contributed by atoms with Crippen molar-refractivity contribution in [3.8, 4) is 0 Å². The number of cyclic esters (lactones) is 1. The number of hydrogen-bond acceptors (Lipinski definition) is 3. The lowest BCUT2D eigenvalue weighted by molar-refractivity contribution is -0.123. The molecular weight excluding hydrogens is 158 g/mol. The van der Waals surface area contributed by atoms with E-state index in [1.54, 1.807) is 6.92 Å². The van der Waals surface area contributed by atoms with Crippen molar-refractivity contribution in [1.29, 1.82) is 0 Å². The van der Waals surface area contributed by atoms with Crippen LogP contribution in [0, 0.1) is 0 Å². The van der Waals surface area contributed by atoms with Gasteiger partial charge < -0.3 is 4.74 Å². The molecule has 2 amide bonds. The molecule has 4 nitrogen and oxygen atoms in total. The van der Waals surface area contributed by atoms with Crippen LogP contribution in [-0.4, -0.2) is 30.1 Å². The standard InChI is InChI=1S/C8H9NO3/c1-3-6(2)7(10)9-4-5-12-8(9)11/h1,4-5H2,2H3. The summed E-state index contributed by atoms with van der Waals surface area (Å²) in [5.74, 6) is -0.382. The average Bonchev–Trinajstić information content (AvgIpc) is 2.48. The number of imide groups is 1. The highest BCUT2D eigenvalue weighted by Gasteiger charge is 2.28. The van der Waals surface area contributed by atoms with Gasteiger partial charge in [-0.3, -0.25) is 4.79 Å². The van der Waals surface area contributed by atoms with Crippen molar-refractivity contribution < 1.29 is 14.3 Å². The second-order valence-corrected chi connectivity index (χ2v) is 2.37. The normalized spacial score (nSPS) is 15.4. The van der Waals surface area contributed by atoms with Crippen molar-refractivity contribution >= 4 is 12.0 Å². The van der Waals surface area contributed by atoms with Gasteiger partial charge in [-0.1, -0.05) is 6.58 Å². The zero-order chi connectivity index (χ0) is 9.14. The smallest absolute Gasteiger partial charge is 0.416 e. The van der Waals surface area contributed by atoms with Gasteiger partial charge in [-0.2, -0.15) is 0 Å². The van der Waals surface area contributed by atoms with Gasteiger partial charge in [0.2, 0.25) is 0 Å². The summed E-state index contributed by atoms with van der Waals surface area (Å²) in [5.41, 5.74) is 2.76. The van der Waals surface area contributed by atoms with Crippen LogP contribution >= 0.6 is 0 Å². The number of carbonyl (C=O) groups is 2. The molecule has 0 aromatic carbocycles. The molecule has 0 spiro atoms. The summed E-state index contributed by atoms with van der Waals surface area (Å²) < 4.78 is 4.59. The SMILES string of the molecule is C=C=C(C)C(=O)N1CCOC1=O. The van der Waals surface area contributed by atoms with Crippen LogP contribution in [0.4, 0.5) is 4.79 Å². The van der Waals surface area contributed by atoms with Crippen LogP contribution in [0.25, 0.3) is 0 Å². The maximum atomic E-state index is 11.3. The molecule has 0 N–H and O–H groups in total. The minimum absolute atomic E-state index is 0.273. The molecule has 1 aliphatic heterocycles. The van der Waals surface area contributed by atoms with Gasteiger partial charge in [-0.15, -0.1) is 5.73 Å². The van der Waals surface area contributed by atoms with Crippen LogP contribution < -0.4 is 0 Å². The Morgan fingerprint density at radius 2 is 2.42 bits per heavy atom. The Balaban J connectivity index is 2.77. The largest absolute Gasteiger partial charge is 0.447 e. The average molecular weight is 167 g/mol. The number of nitrogens with zero attached hydrogens (tertiary/aromatic N) is 1. The molecule has 0 bridgehead atoms. The minimum atomic E-state index is -0.588. The maximum absolute atomic E-state index is 11.3. The van der Waals surface area contributed by atoms with Gasteiger partial charge in [0.05, 0.1) is 12.1 Å². The van der Waals surface area contributed by atoms with E-state index in [0.29, 0.717) is 12.1 Å². The van der Waals surface area contributed by atoms with E-state index in [1.165, 1.54) is 0 Å². The number of hydrogen-bond donors (Lipinski definition) is 0. The molecule has 1 fully saturated rings. The summed E-state index contributed by atoms with van der Waals surface area (Å²) in [5, 5.41) is 0.